The molecule has 0 aromatic carbocycles. The van der Waals surface area contributed by atoms with E-state index in [0.717, 1.165) is 0 Å². The fraction of sp³-hybridized carbons (Fsp3) is 0.500. The van der Waals surface area contributed by atoms with E-state index in [1.54, 1.807) is 0 Å². The van der Waals surface area contributed by atoms with E-state index in [2.05, 4.69) is 20.1 Å². The molecule has 0 saturated heterocycles. The van der Waals surface area contributed by atoms with Crippen LogP contribution in [0.15, 0.2) is 25.3 Å². The lowest BCUT2D eigenvalue weighted by Crippen LogP contribution is -2.06. The summed E-state index contributed by atoms with van der Waals surface area (Å²) in [4.78, 5) is 0. The lowest BCUT2D eigenvalue weighted by molar-refractivity contribution is 1.34. The van der Waals surface area contributed by atoms with Crippen LogP contribution in [-0.2, 0) is 0 Å². The molecule has 52 valence electrons. The van der Waals surface area contributed by atoms with Gasteiger partial charge in [0.1, 0.15) is 0 Å². The first-order chi connectivity index (χ1) is 4.35. The second kappa shape index (κ2) is 5.83. The van der Waals surface area contributed by atoms with Crippen molar-refractivity contribution in [3.63, 3.8) is 0 Å². The third kappa shape index (κ3) is 4.22. The first-order valence-corrected chi connectivity index (χ1v) is 6.01. The van der Waals surface area contributed by atoms with Crippen LogP contribution in [0.4, 0.5) is 0 Å². The van der Waals surface area contributed by atoms with Crippen molar-refractivity contribution in [3.8, 4) is 0 Å². The molecule has 0 fully saturated rings. The van der Waals surface area contributed by atoms with Crippen LogP contribution in [0.3, 0.4) is 0 Å². The Morgan fingerprint density at radius 3 is 1.89 bits per heavy atom. The highest BCUT2D eigenvalue weighted by molar-refractivity contribution is 6.59. The first kappa shape index (κ1) is 8.70. The maximum absolute atomic E-state index is 3.73. The molecule has 0 heterocycles. The van der Waals surface area contributed by atoms with Crippen molar-refractivity contribution >= 4 is 8.80 Å². The molecule has 0 bridgehead atoms. The Morgan fingerprint density at radius 1 is 1.22 bits per heavy atom. The third-order valence-electron chi connectivity index (χ3n) is 1.58. The SMILES string of the molecule is C=CC[SiH](CC)CC=C. The van der Waals surface area contributed by atoms with E-state index in [1.165, 1.54) is 18.1 Å². The molecule has 0 aliphatic rings. The average Bonchev–Trinajstić information content (AvgIpc) is 1.88. The second-order valence-electron chi connectivity index (χ2n) is 2.32. The summed E-state index contributed by atoms with van der Waals surface area (Å²) in [7, 11) is -0.449. The normalized spacial score (nSPS) is 9.56. The van der Waals surface area contributed by atoms with Crippen LogP contribution >= 0.6 is 0 Å². The summed E-state index contributed by atoms with van der Waals surface area (Å²) in [6, 6.07) is 3.91. The number of rotatable bonds is 5. The van der Waals surface area contributed by atoms with Gasteiger partial charge in [-0.25, -0.2) is 0 Å². The van der Waals surface area contributed by atoms with Crippen LogP contribution < -0.4 is 0 Å². The molecule has 0 N–H and O–H groups in total. The van der Waals surface area contributed by atoms with Gasteiger partial charge in [-0.05, 0) is 12.1 Å². The van der Waals surface area contributed by atoms with Gasteiger partial charge in [0.25, 0.3) is 0 Å². The molecule has 0 aliphatic heterocycles. The summed E-state index contributed by atoms with van der Waals surface area (Å²) in [5.74, 6) is 0. The van der Waals surface area contributed by atoms with Gasteiger partial charge < -0.3 is 0 Å². The van der Waals surface area contributed by atoms with Gasteiger partial charge in [-0.1, -0.05) is 25.1 Å². The van der Waals surface area contributed by atoms with Crippen molar-refractivity contribution in [3.05, 3.63) is 25.3 Å². The molecule has 0 aliphatic carbocycles. The molecular formula is C8H16Si. The number of hydrogen-bond acceptors (Lipinski definition) is 0. The zero-order valence-electron chi connectivity index (χ0n) is 6.27. The van der Waals surface area contributed by atoms with Gasteiger partial charge >= 0.3 is 0 Å². The number of hydrogen-bond donors (Lipinski definition) is 0. The van der Waals surface area contributed by atoms with Crippen molar-refractivity contribution in [2.75, 3.05) is 0 Å². The van der Waals surface area contributed by atoms with E-state index in [-0.39, 0.29) is 0 Å². The molecule has 0 atom stereocenters. The molecule has 0 rings (SSSR count). The van der Waals surface area contributed by atoms with Crippen molar-refractivity contribution in [1.29, 1.82) is 0 Å². The van der Waals surface area contributed by atoms with Crippen LogP contribution in [0.2, 0.25) is 18.1 Å². The first-order valence-electron chi connectivity index (χ1n) is 3.56. The highest BCUT2D eigenvalue weighted by Crippen LogP contribution is 2.05. The minimum Gasteiger partial charge on any atom is -0.103 e. The molecule has 9 heavy (non-hydrogen) atoms. The van der Waals surface area contributed by atoms with Gasteiger partial charge in [0, 0.05) is 8.80 Å². The lowest BCUT2D eigenvalue weighted by atomic mass is 10.7. The van der Waals surface area contributed by atoms with Crippen LogP contribution in [-0.4, -0.2) is 8.80 Å². The Labute approximate surface area is 59.9 Å². The number of allylic oxidation sites excluding steroid dienone is 2. The van der Waals surface area contributed by atoms with Gasteiger partial charge in [-0.15, -0.1) is 13.2 Å². The van der Waals surface area contributed by atoms with E-state index >= 15 is 0 Å². The Balaban J connectivity index is 3.39. The van der Waals surface area contributed by atoms with Gasteiger partial charge in [0.05, 0.1) is 0 Å². The summed E-state index contributed by atoms with van der Waals surface area (Å²) in [6.45, 7) is 9.73. The highest BCUT2D eigenvalue weighted by atomic mass is 28.3. The Kier molecular flexibility index (Phi) is 5.63. The van der Waals surface area contributed by atoms with Gasteiger partial charge in [0.15, 0.2) is 0 Å². The van der Waals surface area contributed by atoms with Crippen LogP contribution in [0.5, 0.6) is 0 Å². The summed E-state index contributed by atoms with van der Waals surface area (Å²) >= 11 is 0. The molecular weight excluding hydrogens is 124 g/mol. The van der Waals surface area contributed by atoms with Crippen molar-refractivity contribution in [2.24, 2.45) is 0 Å². The van der Waals surface area contributed by atoms with Crippen LogP contribution in [0.1, 0.15) is 6.92 Å². The predicted molar refractivity (Wildman–Crippen MR) is 47.6 cm³/mol. The van der Waals surface area contributed by atoms with Crippen molar-refractivity contribution in [2.45, 2.75) is 25.1 Å². The quantitative estimate of drug-likeness (QED) is 0.407. The Bertz CT molecular complexity index is 76.6. The molecule has 1 heteroatoms. The lowest BCUT2D eigenvalue weighted by Gasteiger charge is -2.05. The maximum Gasteiger partial charge on any atom is 0.0440 e. The average molecular weight is 140 g/mol. The predicted octanol–water partition coefficient (Wildman–Crippen LogP) is 2.61. The third-order valence-corrected chi connectivity index (χ3v) is 4.73. The van der Waals surface area contributed by atoms with Gasteiger partial charge in [-0.3, -0.25) is 0 Å². The maximum atomic E-state index is 3.73. The fourth-order valence-electron chi connectivity index (χ4n) is 0.901. The smallest absolute Gasteiger partial charge is 0.0440 e. The molecule has 0 radical (unpaired) electrons. The Morgan fingerprint density at radius 2 is 1.67 bits per heavy atom. The van der Waals surface area contributed by atoms with Crippen molar-refractivity contribution < 1.29 is 0 Å². The van der Waals surface area contributed by atoms with Crippen LogP contribution in [0, 0.1) is 0 Å². The summed E-state index contributed by atoms with van der Waals surface area (Å²) in [5.41, 5.74) is 0. The monoisotopic (exact) mass is 140 g/mol. The fourth-order valence-corrected chi connectivity index (χ4v) is 2.70. The van der Waals surface area contributed by atoms with E-state index in [4.69, 9.17) is 0 Å². The summed E-state index contributed by atoms with van der Waals surface area (Å²) in [6.07, 6.45) is 4.09. The van der Waals surface area contributed by atoms with Gasteiger partial charge in [-0.2, -0.15) is 0 Å². The minimum atomic E-state index is -0.449. The molecule has 0 spiro atoms. The second-order valence-corrected chi connectivity index (χ2v) is 5.81. The topological polar surface area (TPSA) is 0 Å². The summed E-state index contributed by atoms with van der Waals surface area (Å²) in [5, 5.41) is 0. The van der Waals surface area contributed by atoms with E-state index in [1.807, 2.05) is 12.2 Å². The van der Waals surface area contributed by atoms with Gasteiger partial charge in [0.2, 0.25) is 0 Å². The van der Waals surface area contributed by atoms with Crippen LogP contribution in [0.25, 0.3) is 0 Å². The van der Waals surface area contributed by atoms with Crippen molar-refractivity contribution in [1.82, 2.24) is 0 Å². The zero-order chi connectivity index (χ0) is 7.11. The molecule has 0 unspecified atom stereocenters. The summed E-state index contributed by atoms with van der Waals surface area (Å²) < 4.78 is 0. The van der Waals surface area contributed by atoms with E-state index < -0.39 is 8.80 Å². The van der Waals surface area contributed by atoms with E-state index in [0.29, 0.717) is 0 Å². The minimum absolute atomic E-state index is 0.449. The Hall–Kier alpha value is -0.303. The zero-order valence-corrected chi connectivity index (χ0v) is 7.42. The molecule has 0 amide bonds. The molecule has 0 aromatic heterocycles. The largest absolute Gasteiger partial charge is 0.103 e. The molecule has 0 saturated carbocycles. The highest BCUT2D eigenvalue weighted by Gasteiger charge is 2.01. The standard InChI is InChI=1S/C8H16Si/c1-4-7-9(6-3)8-5-2/h4-5,9H,1-2,6-8H2,3H3. The molecule has 0 nitrogen and oxygen atoms in total. The molecule has 0 aromatic rings. The van der Waals surface area contributed by atoms with E-state index in [9.17, 15) is 0 Å².